The molecule has 3 amide bonds. The van der Waals surface area contributed by atoms with Crippen molar-refractivity contribution in [1.82, 2.24) is 10.2 Å². The number of nitrogens with zero attached hydrogens (tertiary/aromatic N) is 1. The zero-order valence-corrected chi connectivity index (χ0v) is 13.3. The van der Waals surface area contributed by atoms with Gasteiger partial charge in [0.05, 0.1) is 22.3 Å². The second kappa shape index (κ2) is 6.68. The van der Waals surface area contributed by atoms with Gasteiger partial charge < -0.3 is 10.1 Å². The molecular weight excluding hydrogens is 320 g/mol. The normalized spacial score (nSPS) is 20.0. The van der Waals surface area contributed by atoms with Crippen molar-refractivity contribution in [2.75, 3.05) is 19.7 Å². The summed E-state index contributed by atoms with van der Waals surface area (Å²) in [7, 11) is 0. The number of rotatable bonds is 5. The van der Waals surface area contributed by atoms with E-state index in [1.54, 1.807) is 18.2 Å². The highest BCUT2D eigenvalue weighted by Gasteiger charge is 2.37. The molecule has 0 aromatic heterocycles. The Balaban J connectivity index is 1.55. The number of imide groups is 1. The van der Waals surface area contributed by atoms with Gasteiger partial charge in [0, 0.05) is 26.1 Å². The molecule has 0 saturated carbocycles. The minimum atomic E-state index is -0.442. The molecule has 2 heterocycles. The number of hydrogen-bond donors (Lipinski definition) is 1. The largest absolute Gasteiger partial charge is 0.376 e. The van der Waals surface area contributed by atoms with Crippen LogP contribution in [0.25, 0.3) is 0 Å². The Morgan fingerprint density at radius 2 is 2.17 bits per heavy atom. The van der Waals surface area contributed by atoms with Crippen molar-refractivity contribution in [1.29, 1.82) is 0 Å². The van der Waals surface area contributed by atoms with E-state index in [2.05, 4.69) is 5.32 Å². The van der Waals surface area contributed by atoms with E-state index in [0.29, 0.717) is 12.1 Å². The van der Waals surface area contributed by atoms with Crippen LogP contribution in [0.4, 0.5) is 0 Å². The lowest BCUT2D eigenvalue weighted by molar-refractivity contribution is -0.121. The summed E-state index contributed by atoms with van der Waals surface area (Å²) in [5, 5.41) is 3.03. The molecule has 1 unspecified atom stereocenters. The zero-order valence-electron chi connectivity index (χ0n) is 12.5. The van der Waals surface area contributed by atoms with Crippen LogP contribution >= 0.6 is 11.6 Å². The lowest BCUT2D eigenvalue weighted by Crippen LogP contribution is -2.36. The summed E-state index contributed by atoms with van der Waals surface area (Å²) in [6.45, 7) is 1.24. The van der Waals surface area contributed by atoms with Crippen LogP contribution in [0.5, 0.6) is 0 Å². The molecule has 1 fully saturated rings. The van der Waals surface area contributed by atoms with Crippen LogP contribution in [0.1, 0.15) is 40.0 Å². The second-order valence-corrected chi connectivity index (χ2v) is 6.02. The van der Waals surface area contributed by atoms with Gasteiger partial charge in [0.25, 0.3) is 11.8 Å². The molecule has 0 bridgehead atoms. The van der Waals surface area contributed by atoms with Gasteiger partial charge in [-0.25, -0.2) is 0 Å². The molecule has 0 spiro atoms. The van der Waals surface area contributed by atoms with Crippen molar-refractivity contribution in [3.63, 3.8) is 0 Å². The molecule has 1 atom stereocenters. The molecule has 1 aromatic carbocycles. The minimum absolute atomic E-state index is 0.0417. The summed E-state index contributed by atoms with van der Waals surface area (Å²) in [4.78, 5) is 37.4. The fraction of sp³-hybridized carbons (Fsp3) is 0.438. The van der Waals surface area contributed by atoms with Crippen LogP contribution in [0.3, 0.4) is 0 Å². The van der Waals surface area contributed by atoms with Crippen molar-refractivity contribution < 1.29 is 19.1 Å². The minimum Gasteiger partial charge on any atom is -0.376 e. The third-order valence-electron chi connectivity index (χ3n) is 4.06. The molecule has 7 heteroatoms. The SMILES string of the molecule is O=C(CCN1C(=O)c2cccc(Cl)c2C1=O)NCC1CCCO1. The van der Waals surface area contributed by atoms with E-state index in [0.717, 1.165) is 24.3 Å². The van der Waals surface area contributed by atoms with Gasteiger partial charge in [-0.15, -0.1) is 0 Å². The van der Waals surface area contributed by atoms with Crippen LogP contribution in [0, 0.1) is 0 Å². The van der Waals surface area contributed by atoms with Crippen LogP contribution in [0.2, 0.25) is 5.02 Å². The van der Waals surface area contributed by atoms with Gasteiger partial charge in [0.2, 0.25) is 5.91 Å². The predicted octanol–water partition coefficient (Wildman–Crippen LogP) is 1.62. The third kappa shape index (κ3) is 3.23. The second-order valence-electron chi connectivity index (χ2n) is 5.61. The van der Waals surface area contributed by atoms with Crippen LogP contribution in [-0.4, -0.2) is 48.4 Å². The van der Waals surface area contributed by atoms with Crippen LogP contribution < -0.4 is 5.32 Å². The number of carbonyl (C=O) groups is 3. The Hall–Kier alpha value is -1.92. The van der Waals surface area contributed by atoms with Crippen molar-refractivity contribution in [3.05, 3.63) is 34.3 Å². The number of nitrogens with one attached hydrogen (secondary N) is 1. The molecule has 1 N–H and O–H groups in total. The first-order chi connectivity index (χ1) is 11.1. The van der Waals surface area contributed by atoms with Crippen molar-refractivity contribution >= 4 is 29.3 Å². The van der Waals surface area contributed by atoms with Crippen molar-refractivity contribution in [2.24, 2.45) is 0 Å². The number of halogens is 1. The van der Waals surface area contributed by atoms with Gasteiger partial charge in [-0.3, -0.25) is 19.3 Å². The summed E-state index contributed by atoms with van der Waals surface area (Å²) >= 11 is 5.99. The quantitative estimate of drug-likeness (QED) is 0.829. The summed E-state index contributed by atoms with van der Waals surface area (Å²) in [5.41, 5.74) is 0.515. The molecule has 1 aromatic rings. The fourth-order valence-electron chi connectivity index (χ4n) is 2.83. The van der Waals surface area contributed by atoms with E-state index in [4.69, 9.17) is 16.3 Å². The molecule has 2 aliphatic heterocycles. The van der Waals surface area contributed by atoms with E-state index in [1.807, 2.05) is 0 Å². The van der Waals surface area contributed by atoms with E-state index in [9.17, 15) is 14.4 Å². The van der Waals surface area contributed by atoms with Gasteiger partial charge in [-0.05, 0) is 25.0 Å². The first-order valence-electron chi connectivity index (χ1n) is 7.61. The number of fused-ring (bicyclic) bond motifs is 1. The lowest BCUT2D eigenvalue weighted by Gasteiger charge is -2.14. The van der Waals surface area contributed by atoms with E-state index in [1.165, 1.54) is 0 Å². The van der Waals surface area contributed by atoms with E-state index in [-0.39, 0.29) is 35.6 Å². The molecule has 6 nitrogen and oxygen atoms in total. The molecule has 2 aliphatic rings. The Morgan fingerprint density at radius 3 is 2.87 bits per heavy atom. The number of hydrogen-bond acceptors (Lipinski definition) is 4. The monoisotopic (exact) mass is 336 g/mol. The van der Waals surface area contributed by atoms with Gasteiger partial charge in [-0.2, -0.15) is 0 Å². The highest BCUT2D eigenvalue weighted by molar-refractivity contribution is 6.37. The van der Waals surface area contributed by atoms with Crippen molar-refractivity contribution in [3.8, 4) is 0 Å². The number of ether oxygens (including phenoxy) is 1. The topological polar surface area (TPSA) is 75.7 Å². The smallest absolute Gasteiger partial charge is 0.263 e. The van der Waals surface area contributed by atoms with Gasteiger partial charge in [0.15, 0.2) is 0 Å². The molecule has 23 heavy (non-hydrogen) atoms. The van der Waals surface area contributed by atoms with Crippen molar-refractivity contribution in [2.45, 2.75) is 25.4 Å². The molecular formula is C16H17ClN2O4. The predicted molar refractivity (Wildman–Crippen MR) is 83.4 cm³/mol. The summed E-state index contributed by atoms with van der Waals surface area (Å²) in [6, 6.07) is 4.77. The first kappa shape index (κ1) is 16.0. The van der Waals surface area contributed by atoms with Gasteiger partial charge in [0.1, 0.15) is 0 Å². The molecule has 0 radical (unpaired) electrons. The van der Waals surface area contributed by atoms with E-state index >= 15 is 0 Å². The summed E-state index contributed by atoms with van der Waals surface area (Å²) in [5.74, 6) is -1.05. The zero-order chi connectivity index (χ0) is 16.4. The maximum absolute atomic E-state index is 12.3. The third-order valence-corrected chi connectivity index (χ3v) is 4.38. The number of carbonyl (C=O) groups excluding carboxylic acids is 3. The maximum atomic E-state index is 12.3. The highest BCUT2D eigenvalue weighted by atomic mass is 35.5. The van der Waals surface area contributed by atoms with Gasteiger partial charge >= 0.3 is 0 Å². The first-order valence-corrected chi connectivity index (χ1v) is 7.98. The van der Waals surface area contributed by atoms with Crippen LogP contribution in [0.15, 0.2) is 18.2 Å². The fourth-order valence-corrected chi connectivity index (χ4v) is 3.09. The Morgan fingerprint density at radius 1 is 1.35 bits per heavy atom. The summed E-state index contributed by atoms with van der Waals surface area (Å²) < 4.78 is 5.42. The number of amides is 3. The molecule has 3 rings (SSSR count). The molecule has 0 aliphatic carbocycles. The average molecular weight is 337 g/mol. The highest BCUT2D eigenvalue weighted by Crippen LogP contribution is 2.29. The Bertz CT molecular complexity index is 655. The number of benzene rings is 1. The van der Waals surface area contributed by atoms with Crippen LogP contribution in [-0.2, 0) is 9.53 Å². The standard InChI is InChI=1S/C16H17ClN2O4/c17-12-5-1-4-11-14(12)16(22)19(15(11)21)7-6-13(20)18-9-10-3-2-8-23-10/h1,4-5,10H,2-3,6-9H2,(H,18,20). The summed E-state index contributed by atoms with van der Waals surface area (Å²) in [6.07, 6.45) is 2.08. The molecule has 1 saturated heterocycles. The lowest BCUT2D eigenvalue weighted by atomic mass is 10.1. The molecule has 122 valence electrons. The Kier molecular flexibility index (Phi) is 4.63. The Labute approximate surface area is 138 Å². The van der Waals surface area contributed by atoms with Gasteiger partial charge in [-0.1, -0.05) is 17.7 Å². The van der Waals surface area contributed by atoms with E-state index < -0.39 is 11.8 Å². The maximum Gasteiger partial charge on any atom is 0.263 e. The average Bonchev–Trinajstić information content (AvgIpc) is 3.13.